The van der Waals surface area contributed by atoms with E-state index in [1.54, 1.807) is 0 Å². The average Bonchev–Trinajstić information content (AvgIpc) is 3.30. The fourth-order valence-corrected chi connectivity index (χ4v) is 2.61. The third-order valence-corrected chi connectivity index (χ3v) is 3.90. The molecule has 20 heavy (non-hydrogen) atoms. The Hall–Kier alpha value is -1.60. The minimum absolute atomic E-state index is 0.770. The van der Waals surface area contributed by atoms with E-state index < -0.39 is 0 Å². The molecule has 1 N–H and O–H groups in total. The van der Waals surface area contributed by atoms with Crippen molar-refractivity contribution in [3.8, 4) is 11.1 Å². The second-order valence-electron chi connectivity index (χ2n) is 5.81. The van der Waals surface area contributed by atoms with Gasteiger partial charge in [-0.1, -0.05) is 55.8 Å². The third kappa shape index (κ3) is 3.49. The summed E-state index contributed by atoms with van der Waals surface area (Å²) in [6.07, 6.45) is 5.06. The number of aryl methyl sites for hydroxylation is 1. The van der Waals surface area contributed by atoms with E-state index >= 15 is 0 Å². The first-order valence-corrected chi connectivity index (χ1v) is 7.77. The predicted octanol–water partition coefficient (Wildman–Crippen LogP) is 4.56. The summed E-state index contributed by atoms with van der Waals surface area (Å²) < 4.78 is 0. The lowest BCUT2D eigenvalue weighted by Gasteiger charge is -2.08. The molecule has 0 bridgehead atoms. The van der Waals surface area contributed by atoms with Crippen LogP contribution in [0, 0.1) is 0 Å². The zero-order valence-corrected chi connectivity index (χ0v) is 12.2. The molecule has 3 rings (SSSR count). The van der Waals surface area contributed by atoms with E-state index in [0.29, 0.717) is 0 Å². The Morgan fingerprint density at radius 3 is 2.25 bits per heavy atom. The van der Waals surface area contributed by atoms with Crippen LogP contribution in [-0.4, -0.2) is 6.04 Å². The van der Waals surface area contributed by atoms with E-state index in [1.807, 2.05) is 0 Å². The highest BCUT2D eigenvalue weighted by atomic mass is 14.9. The average molecular weight is 265 g/mol. The van der Waals surface area contributed by atoms with Crippen molar-refractivity contribution in [2.75, 3.05) is 0 Å². The quantitative estimate of drug-likeness (QED) is 0.807. The van der Waals surface area contributed by atoms with Crippen LogP contribution in [0.15, 0.2) is 48.5 Å². The van der Waals surface area contributed by atoms with Gasteiger partial charge in [0.25, 0.3) is 0 Å². The van der Waals surface area contributed by atoms with Crippen molar-refractivity contribution in [3.05, 3.63) is 59.7 Å². The fourth-order valence-electron chi connectivity index (χ4n) is 2.61. The first-order chi connectivity index (χ1) is 9.85. The summed E-state index contributed by atoms with van der Waals surface area (Å²) in [6.45, 7) is 3.23. The normalized spacial score (nSPS) is 14.4. The maximum absolute atomic E-state index is 3.58. The van der Waals surface area contributed by atoms with Gasteiger partial charge in [-0.3, -0.25) is 0 Å². The molecule has 2 aromatic carbocycles. The maximum atomic E-state index is 3.58. The van der Waals surface area contributed by atoms with Crippen LogP contribution in [0.4, 0.5) is 0 Å². The second-order valence-corrected chi connectivity index (χ2v) is 5.81. The number of rotatable bonds is 6. The van der Waals surface area contributed by atoms with Gasteiger partial charge in [0.05, 0.1) is 0 Å². The zero-order valence-electron chi connectivity index (χ0n) is 12.2. The summed E-state index contributed by atoms with van der Waals surface area (Å²) in [5.41, 5.74) is 5.49. The van der Waals surface area contributed by atoms with Gasteiger partial charge in [-0.05, 0) is 47.6 Å². The molecule has 0 atom stereocenters. The highest BCUT2D eigenvalue weighted by Crippen LogP contribution is 2.23. The lowest BCUT2D eigenvalue weighted by atomic mass is 9.99. The summed E-state index contributed by atoms with van der Waals surface area (Å²) in [5, 5.41) is 3.58. The van der Waals surface area contributed by atoms with Gasteiger partial charge in [0.15, 0.2) is 0 Å². The van der Waals surface area contributed by atoms with Gasteiger partial charge in [-0.25, -0.2) is 0 Å². The minimum Gasteiger partial charge on any atom is -0.310 e. The Morgan fingerprint density at radius 2 is 1.60 bits per heavy atom. The molecule has 0 amide bonds. The van der Waals surface area contributed by atoms with Crippen molar-refractivity contribution < 1.29 is 0 Å². The molecule has 0 radical (unpaired) electrons. The maximum Gasteiger partial charge on any atom is 0.0208 e. The highest BCUT2D eigenvalue weighted by molar-refractivity contribution is 5.64. The molecule has 1 fully saturated rings. The van der Waals surface area contributed by atoms with Gasteiger partial charge in [0, 0.05) is 12.6 Å². The molecule has 0 heterocycles. The molecular formula is C19H23N. The van der Waals surface area contributed by atoms with Gasteiger partial charge in [0.1, 0.15) is 0 Å². The molecule has 1 aliphatic carbocycles. The van der Waals surface area contributed by atoms with Crippen molar-refractivity contribution in [3.63, 3.8) is 0 Å². The van der Waals surface area contributed by atoms with Crippen molar-refractivity contribution in [1.82, 2.24) is 5.32 Å². The Labute approximate surface area is 122 Å². The minimum atomic E-state index is 0.770. The van der Waals surface area contributed by atoms with Crippen LogP contribution in [-0.2, 0) is 13.0 Å². The van der Waals surface area contributed by atoms with Crippen LogP contribution in [0.2, 0.25) is 0 Å². The van der Waals surface area contributed by atoms with Crippen LogP contribution in [0.1, 0.15) is 37.3 Å². The summed E-state index contributed by atoms with van der Waals surface area (Å²) in [7, 11) is 0. The summed E-state index contributed by atoms with van der Waals surface area (Å²) >= 11 is 0. The molecule has 0 unspecified atom stereocenters. The van der Waals surface area contributed by atoms with Gasteiger partial charge in [-0.15, -0.1) is 0 Å². The first kappa shape index (κ1) is 13.4. The van der Waals surface area contributed by atoms with E-state index in [0.717, 1.165) is 19.0 Å². The molecule has 0 saturated heterocycles. The molecule has 0 spiro atoms. The molecule has 2 aromatic rings. The molecule has 104 valence electrons. The number of benzene rings is 2. The SMILES string of the molecule is CCCc1cccc(-c2cccc(CNC3CC3)c2)c1. The predicted molar refractivity (Wildman–Crippen MR) is 85.7 cm³/mol. The monoisotopic (exact) mass is 265 g/mol. The lowest BCUT2D eigenvalue weighted by molar-refractivity contribution is 0.688. The molecular weight excluding hydrogens is 242 g/mol. The van der Waals surface area contributed by atoms with Crippen molar-refractivity contribution in [2.24, 2.45) is 0 Å². The molecule has 1 nitrogen and oxygen atoms in total. The van der Waals surface area contributed by atoms with Crippen molar-refractivity contribution >= 4 is 0 Å². The van der Waals surface area contributed by atoms with Gasteiger partial charge >= 0.3 is 0 Å². The number of hydrogen-bond donors (Lipinski definition) is 1. The molecule has 0 aliphatic heterocycles. The van der Waals surface area contributed by atoms with E-state index in [1.165, 1.54) is 41.5 Å². The van der Waals surface area contributed by atoms with Crippen LogP contribution in [0.5, 0.6) is 0 Å². The van der Waals surface area contributed by atoms with Gasteiger partial charge in [-0.2, -0.15) is 0 Å². The molecule has 0 aromatic heterocycles. The van der Waals surface area contributed by atoms with Crippen LogP contribution < -0.4 is 5.32 Å². The summed E-state index contributed by atoms with van der Waals surface area (Å²) in [4.78, 5) is 0. The fraction of sp³-hybridized carbons (Fsp3) is 0.368. The van der Waals surface area contributed by atoms with Gasteiger partial charge < -0.3 is 5.32 Å². The van der Waals surface area contributed by atoms with E-state index in [2.05, 4.69) is 60.8 Å². The zero-order chi connectivity index (χ0) is 13.8. The summed E-state index contributed by atoms with van der Waals surface area (Å²) in [6, 6.07) is 18.6. The molecule has 1 aliphatic rings. The topological polar surface area (TPSA) is 12.0 Å². The van der Waals surface area contributed by atoms with E-state index in [-0.39, 0.29) is 0 Å². The van der Waals surface area contributed by atoms with Crippen LogP contribution in [0.25, 0.3) is 11.1 Å². The third-order valence-electron chi connectivity index (χ3n) is 3.90. The standard InChI is InChI=1S/C19H23N/c1-2-5-15-6-3-8-17(12-15)18-9-4-7-16(13-18)14-20-19-10-11-19/h3-4,6-9,12-13,19-20H,2,5,10-11,14H2,1H3. The number of hydrogen-bond acceptors (Lipinski definition) is 1. The number of nitrogens with one attached hydrogen (secondary N) is 1. The smallest absolute Gasteiger partial charge is 0.0208 e. The van der Waals surface area contributed by atoms with Crippen molar-refractivity contribution in [2.45, 2.75) is 45.2 Å². The Bertz CT molecular complexity index is 569. The van der Waals surface area contributed by atoms with Crippen molar-refractivity contribution in [1.29, 1.82) is 0 Å². The molecule has 1 saturated carbocycles. The molecule has 1 heteroatoms. The Morgan fingerprint density at radius 1 is 0.950 bits per heavy atom. The largest absolute Gasteiger partial charge is 0.310 e. The lowest BCUT2D eigenvalue weighted by Crippen LogP contribution is -2.15. The summed E-state index contributed by atoms with van der Waals surface area (Å²) in [5.74, 6) is 0. The first-order valence-electron chi connectivity index (χ1n) is 7.77. The Kier molecular flexibility index (Phi) is 4.17. The van der Waals surface area contributed by atoms with E-state index in [4.69, 9.17) is 0 Å². The van der Waals surface area contributed by atoms with Crippen LogP contribution in [0.3, 0.4) is 0 Å². The highest BCUT2D eigenvalue weighted by Gasteiger charge is 2.19. The van der Waals surface area contributed by atoms with Crippen LogP contribution >= 0.6 is 0 Å². The van der Waals surface area contributed by atoms with E-state index in [9.17, 15) is 0 Å². The second kappa shape index (κ2) is 6.23. The Balaban J connectivity index is 1.77. The van der Waals surface area contributed by atoms with Gasteiger partial charge in [0.2, 0.25) is 0 Å².